The maximum Gasteiger partial charge on any atom is 0.168 e. The van der Waals surface area contributed by atoms with Gasteiger partial charge in [-0.05, 0) is 42.5 Å². The average molecular weight is 218 g/mol. The minimum atomic E-state index is 0.582. The number of benzene rings is 1. The van der Waals surface area contributed by atoms with Gasteiger partial charge in [0.1, 0.15) is 6.61 Å². The van der Waals surface area contributed by atoms with Gasteiger partial charge >= 0.3 is 0 Å². The Bertz CT molecular complexity index is 380. The van der Waals surface area contributed by atoms with Gasteiger partial charge in [0.2, 0.25) is 0 Å². The Labute approximate surface area is 96.9 Å². The molecule has 0 spiro atoms. The number of hydrogen-bond acceptors (Lipinski definition) is 2. The lowest BCUT2D eigenvalue weighted by atomic mass is 10.0. The topological polar surface area (TPSA) is 18.5 Å². The summed E-state index contributed by atoms with van der Waals surface area (Å²) >= 11 is 0. The van der Waals surface area contributed by atoms with Crippen LogP contribution in [-0.2, 0) is 6.42 Å². The Hall–Kier alpha value is -1.44. The van der Waals surface area contributed by atoms with Crippen molar-refractivity contribution in [3.8, 4) is 11.5 Å². The Morgan fingerprint density at radius 3 is 2.94 bits per heavy atom. The molecule has 0 atom stereocenters. The van der Waals surface area contributed by atoms with Crippen molar-refractivity contribution in [3.63, 3.8) is 0 Å². The van der Waals surface area contributed by atoms with Gasteiger partial charge in [-0.15, -0.1) is 0 Å². The Morgan fingerprint density at radius 2 is 2.12 bits per heavy atom. The monoisotopic (exact) mass is 218 g/mol. The van der Waals surface area contributed by atoms with Crippen LogP contribution < -0.4 is 9.47 Å². The van der Waals surface area contributed by atoms with E-state index >= 15 is 0 Å². The molecule has 2 rings (SSSR count). The van der Waals surface area contributed by atoms with E-state index in [9.17, 15) is 0 Å². The Balaban J connectivity index is 2.11. The quantitative estimate of drug-likeness (QED) is 0.772. The van der Waals surface area contributed by atoms with Crippen molar-refractivity contribution in [2.45, 2.75) is 26.7 Å². The summed E-state index contributed by atoms with van der Waals surface area (Å²) in [5.74, 6) is 2.39. The van der Waals surface area contributed by atoms with Crippen molar-refractivity contribution in [1.82, 2.24) is 0 Å². The first-order valence-electron chi connectivity index (χ1n) is 5.83. The molecular weight excluding hydrogens is 200 g/mol. The first-order valence-corrected chi connectivity index (χ1v) is 5.83. The van der Waals surface area contributed by atoms with Crippen molar-refractivity contribution in [1.29, 1.82) is 0 Å². The predicted molar refractivity (Wildman–Crippen MR) is 64.9 cm³/mol. The molecule has 1 aliphatic rings. The second kappa shape index (κ2) is 5.06. The van der Waals surface area contributed by atoms with E-state index in [4.69, 9.17) is 9.47 Å². The summed E-state index contributed by atoms with van der Waals surface area (Å²) in [5.41, 5.74) is 1.31. The zero-order valence-electron chi connectivity index (χ0n) is 9.90. The molecule has 0 amide bonds. The minimum absolute atomic E-state index is 0.582. The van der Waals surface area contributed by atoms with Gasteiger partial charge in [0.15, 0.2) is 11.5 Å². The molecule has 1 aliphatic heterocycles. The number of ether oxygens (including phenoxy) is 2. The molecular formula is C14H18O2. The second-order valence-electron chi connectivity index (χ2n) is 4.51. The van der Waals surface area contributed by atoms with Crippen molar-refractivity contribution < 1.29 is 9.47 Å². The molecule has 0 aliphatic carbocycles. The van der Waals surface area contributed by atoms with E-state index in [0.717, 1.165) is 23.8 Å². The van der Waals surface area contributed by atoms with E-state index in [0.29, 0.717) is 6.61 Å². The number of rotatable bonds is 3. The second-order valence-corrected chi connectivity index (χ2v) is 4.51. The third-order valence-corrected chi connectivity index (χ3v) is 2.64. The highest BCUT2D eigenvalue weighted by atomic mass is 16.5. The molecule has 0 bridgehead atoms. The molecule has 2 heteroatoms. The zero-order chi connectivity index (χ0) is 11.4. The maximum atomic E-state index is 5.52. The van der Waals surface area contributed by atoms with Crippen LogP contribution in [0.2, 0.25) is 0 Å². The standard InChI is InChI=1S/C14H18O2/c1-11(2)4-5-12-6-7-13-14(10-12)16-9-3-8-15-13/h3,6-7,9-11H,4-5,8H2,1-2H3. The van der Waals surface area contributed by atoms with Crippen molar-refractivity contribution in [3.05, 3.63) is 36.1 Å². The molecule has 1 aromatic carbocycles. The lowest BCUT2D eigenvalue weighted by Gasteiger charge is -2.09. The Morgan fingerprint density at radius 1 is 1.25 bits per heavy atom. The fraction of sp³-hybridized carbons (Fsp3) is 0.429. The average Bonchev–Trinajstić information content (AvgIpc) is 2.50. The lowest BCUT2D eigenvalue weighted by Crippen LogP contribution is -1.95. The molecule has 0 saturated carbocycles. The van der Waals surface area contributed by atoms with Gasteiger partial charge in [0, 0.05) is 0 Å². The number of fused-ring (bicyclic) bond motifs is 1. The van der Waals surface area contributed by atoms with Crippen LogP contribution in [0, 0.1) is 5.92 Å². The van der Waals surface area contributed by atoms with Gasteiger partial charge in [0.25, 0.3) is 0 Å². The van der Waals surface area contributed by atoms with Crippen LogP contribution in [0.5, 0.6) is 11.5 Å². The van der Waals surface area contributed by atoms with Gasteiger partial charge in [0.05, 0.1) is 6.26 Å². The largest absolute Gasteiger partial charge is 0.485 e. The number of hydrogen-bond donors (Lipinski definition) is 0. The highest BCUT2D eigenvalue weighted by molar-refractivity contribution is 5.44. The molecule has 86 valence electrons. The van der Waals surface area contributed by atoms with E-state index in [-0.39, 0.29) is 0 Å². The predicted octanol–water partition coefficient (Wildman–Crippen LogP) is 3.56. The third-order valence-electron chi connectivity index (χ3n) is 2.64. The summed E-state index contributed by atoms with van der Waals surface area (Å²) in [4.78, 5) is 0. The molecule has 0 aromatic heterocycles. The summed E-state index contributed by atoms with van der Waals surface area (Å²) in [5, 5.41) is 0. The molecule has 16 heavy (non-hydrogen) atoms. The summed E-state index contributed by atoms with van der Waals surface area (Å²) < 4.78 is 11.0. The van der Waals surface area contributed by atoms with Gasteiger partial charge in [-0.3, -0.25) is 0 Å². The van der Waals surface area contributed by atoms with E-state index < -0.39 is 0 Å². The van der Waals surface area contributed by atoms with Gasteiger partial charge in [-0.2, -0.15) is 0 Å². The van der Waals surface area contributed by atoms with Crippen LogP contribution in [0.1, 0.15) is 25.8 Å². The fourth-order valence-corrected chi connectivity index (χ4v) is 1.67. The molecule has 2 nitrogen and oxygen atoms in total. The highest BCUT2D eigenvalue weighted by Crippen LogP contribution is 2.30. The number of aryl methyl sites for hydroxylation is 1. The van der Waals surface area contributed by atoms with Crippen LogP contribution in [0.15, 0.2) is 30.5 Å². The summed E-state index contributed by atoms with van der Waals surface area (Å²) in [6.07, 6.45) is 5.86. The van der Waals surface area contributed by atoms with Crippen LogP contribution >= 0.6 is 0 Å². The van der Waals surface area contributed by atoms with Crippen LogP contribution in [-0.4, -0.2) is 6.61 Å². The Kier molecular flexibility index (Phi) is 3.50. The molecule has 0 fully saturated rings. The summed E-state index contributed by atoms with van der Waals surface area (Å²) in [6.45, 7) is 5.07. The highest BCUT2D eigenvalue weighted by Gasteiger charge is 2.08. The summed E-state index contributed by atoms with van der Waals surface area (Å²) in [6, 6.07) is 6.20. The molecule has 0 N–H and O–H groups in total. The normalized spacial score (nSPS) is 13.9. The first-order chi connectivity index (χ1) is 7.75. The van der Waals surface area contributed by atoms with E-state index in [1.807, 2.05) is 12.1 Å². The SMILES string of the molecule is CC(C)CCc1ccc2c(c1)OC=CCO2. The van der Waals surface area contributed by atoms with Crippen molar-refractivity contribution in [2.24, 2.45) is 5.92 Å². The molecule has 0 radical (unpaired) electrons. The molecule has 0 unspecified atom stereocenters. The van der Waals surface area contributed by atoms with Crippen LogP contribution in [0.4, 0.5) is 0 Å². The fourth-order valence-electron chi connectivity index (χ4n) is 1.67. The lowest BCUT2D eigenvalue weighted by molar-refractivity contribution is 0.356. The van der Waals surface area contributed by atoms with Gasteiger partial charge in [-0.25, -0.2) is 0 Å². The minimum Gasteiger partial charge on any atom is -0.485 e. The smallest absolute Gasteiger partial charge is 0.168 e. The van der Waals surface area contributed by atoms with Crippen LogP contribution in [0.3, 0.4) is 0 Å². The molecule has 1 aromatic rings. The van der Waals surface area contributed by atoms with Gasteiger partial charge in [-0.1, -0.05) is 19.9 Å². The van der Waals surface area contributed by atoms with E-state index in [2.05, 4.69) is 26.0 Å². The molecule has 1 heterocycles. The van der Waals surface area contributed by atoms with E-state index in [1.165, 1.54) is 12.0 Å². The van der Waals surface area contributed by atoms with Gasteiger partial charge < -0.3 is 9.47 Å². The van der Waals surface area contributed by atoms with Crippen LogP contribution in [0.25, 0.3) is 0 Å². The molecule has 0 saturated heterocycles. The van der Waals surface area contributed by atoms with E-state index in [1.54, 1.807) is 6.26 Å². The maximum absolute atomic E-state index is 5.52. The van der Waals surface area contributed by atoms with Crippen molar-refractivity contribution in [2.75, 3.05) is 6.61 Å². The summed E-state index contributed by atoms with van der Waals surface area (Å²) in [7, 11) is 0. The zero-order valence-corrected chi connectivity index (χ0v) is 9.90. The first kappa shape index (κ1) is 11.1. The van der Waals surface area contributed by atoms with Crippen molar-refractivity contribution >= 4 is 0 Å². The third kappa shape index (κ3) is 2.78.